The normalized spacial score (nSPS) is 27.1. The van der Waals surface area contributed by atoms with Crippen LogP contribution in [0.15, 0.2) is 24.3 Å². The SMILES string of the molecule is CCCCC(=O)Nc1cccc([C@@H]2C[C@H]3CN(C(=O)C4CCCC4)CC[C@@H]3O2)c1. The molecule has 5 heteroatoms. The van der Waals surface area contributed by atoms with Crippen LogP contribution in [0.1, 0.15) is 76.4 Å². The average molecular weight is 399 g/mol. The molecule has 3 atom stereocenters. The molecule has 158 valence electrons. The number of unbranched alkanes of at least 4 members (excludes halogenated alkanes) is 1. The van der Waals surface area contributed by atoms with E-state index in [1.807, 2.05) is 18.2 Å². The molecule has 3 aliphatic rings. The van der Waals surface area contributed by atoms with E-state index in [-0.39, 0.29) is 24.0 Å². The third-order valence-corrected chi connectivity index (χ3v) is 6.84. The van der Waals surface area contributed by atoms with Gasteiger partial charge >= 0.3 is 0 Å². The topological polar surface area (TPSA) is 58.6 Å². The molecule has 4 rings (SSSR count). The second-order valence-corrected chi connectivity index (χ2v) is 8.99. The number of likely N-dealkylation sites (tertiary alicyclic amines) is 1. The predicted molar refractivity (Wildman–Crippen MR) is 113 cm³/mol. The lowest BCUT2D eigenvalue weighted by Crippen LogP contribution is -2.46. The van der Waals surface area contributed by atoms with Crippen LogP contribution in [0, 0.1) is 11.8 Å². The highest BCUT2D eigenvalue weighted by Gasteiger charge is 2.41. The number of hydrogen-bond donors (Lipinski definition) is 1. The summed E-state index contributed by atoms with van der Waals surface area (Å²) in [6, 6.07) is 8.07. The molecule has 1 aliphatic carbocycles. The number of rotatable bonds is 6. The molecule has 3 fully saturated rings. The minimum Gasteiger partial charge on any atom is -0.370 e. The Labute approximate surface area is 174 Å². The first-order valence-electron chi connectivity index (χ1n) is 11.5. The molecular weight excluding hydrogens is 364 g/mol. The van der Waals surface area contributed by atoms with Crippen molar-refractivity contribution in [1.82, 2.24) is 4.90 Å². The second-order valence-electron chi connectivity index (χ2n) is 8.99. The lowest BCUT2D eigenvalue weighted by molar-refractivity contribution is -0.138. The van der Waals surface area contributed by atoms with Crippen LogP contribution in [-0.4, -0.2) is 35.9 Å². The maximum atomic E-state index is 12.8. The maximum Gasteiger partial charge on any atom is 0.225 e. The first-order valence-corrected chi connectivity index (χ1v) is 11.5. The number of anilines is 1. The van der Waals surface area contributed by atoms with Gasteiger partial charge in [0.05, 0.1) is 12.2 Å². The van der Waals surface area contributed by atoms with Gasteiger partial charge in [-0.25, -0.2) is 0 Å². The van der Waals surface area contributed by atoms with Gasteiger partial charge in [-0.3, -0.25) is 9.59 Å². The number of nitrogens with zero attached hydrogens (tertiary/aromatic N) is 1. The Hall–Kier alpha value is -1.88. The molecule has 2 heterocycles. The Kier molecular flexibility index (Phi) is 6.53. The smallest absolute Gasteiger partial charge is 0.225 e. The number of carbonyl (C=O) groups is 2. The van der Waals surface area contributed by atoms with Gasteiger partial charge in [-0.2, -0.15) is 0 Å². The Morgan fingerprint density at radius 2 is 2.03 bits per heavy atom. The van der Waals surface area contributed by atoms with Crippen molar-refractivity contribution in [2.24, 2.45) is 11.8 Å². The van der Waals surface area contributed by atoms with Gasteiger partial charge in [-0.05, 0) is 49.8 Å². The third-order valence-electron chi connectivity index (χ3n) is 6.84. The van der Waals surface area contributed by atoms with Crippen molar-refractivity contribution in [1.29, 1.82) is 0 Å². The Balaban J connectivity index is 1.35. The lowest BCUT2D eigenvalue weighted by atomic mass is 9.90. The second kappa shape index (κ2) is 9.29. The summed E-state index contributed by atoms with van der Waals surface area (Å²) >= 11 is 0. The van der Waals surface area contributed by atoms with Crippen LogP contribution in [0.25, 0.3) is 0 Å². The summed E-state index contributed by atoms with van der Waals surface area (Å²) < 4.78 is 6.38. The zero-order chi connectivity index (χ0) is 20.2. The fraction of sp³-hybridized carbons (Fsp3) is 0.667. The molecule has 1 aromatic rings. The van der Waals surface area contributed by atoms with Gasteiger partial charge in [0.1, 0.15) is 0 Å². The van der Waals surface area contributed by atoms with Gasteiger partial charge < -0.3 is 15.0 Å². The van der Waals surface area contributed by atoms with Crippen molar-refractivity contribution in [3.05, 3.63) is 29.8 Å². The van der Waals surface area contributed by atoms with Crippen LogP contribution in [0.3, 0.4) is 0 Å². The molecule has 2 amide bonds. The number of ether oxygens (including phenoxy) is 1. The summed E-state index contributed by atoms with van der Waals surface area (Å²) in [5, 5.41) is 3.01. The molecule has 0 unspecified atom stereocenters. The van der Waals surface area contributed by atoms with Crippen LogP contribution in [0.2, 0.25) is 0 Å². The maximum absolute atomic E-state index is 12.8. The number of amides is 2. The zero-order valence-corrected chi connectivity index (χ0v) is 17.6. The van der Waals surface area contributed by atoms with Crippen LogP contribution in [0.4, 0.5) is 5.69 Å². The van der Waals surface area contributed by atoms with Crippen molar-refractivity contribution in [3.8, 4) is 0 Å². The van der Waals surface area contributed by atoms with E-state index >= 15 is 0 Å². The van der Waals surface area contributed by atoms with Crippen molar-refractivity contribution in [2.45, 2.75) is 76.9 Å². The van der Waals surface area contributed by atoms with Gasteiger partial charge in [-0.1, -0.05) is 38.3 Å². The number of fused-ring (bicyclic) bond motifs is 1. The molecule has 1 aromatic carbocycles. The summed E-state index contributed by atoms with van der Waals surface area (Å²) in [7, 11) is 0. The van der Waals surface area contributed by atoms with E-state index in [4.69, 9.17) is 4.74 Å². The first-order chi connectivity index (χ1) is 14.1. The Bertz CT molecular complexity index is 729. The minimum atomic E-state index is 0.0547. The molecule has 0 aromatic heterocycles. The van der Waals surface area contributed by atoms with E-state index in [1.165, 1.54) is 12.8 Å². The van der Waals surface area contributed by atoms with E-state index < -0.39 is 0 Å². The van der Waals surface area contributed by atoms with E-state index in [0.717, 1.165) is 62.9 Å². The Morgan fingerprint density at radius 3 is 2.83 bits per heavy atom. The number of carbonyl (C=O) groups excluding carboxylic acids is 2. The summed E-state index contributed by atoms with van der Waals surface area (Å²) in [5.41, 5.74) is 1.97. The Morgan fingerprint density at radius 1 is 1.21 bits per heavy atom. The van der Waals surface area contributed by atoms with Crippen LogP contribution in [-0.2, 0) is 14.3 Å². The van der Waals surface area contributed by atoms with E-state index in [9.17, 15) is 9.59 Å². The highest BCUT2D eigenvalue weighted by molar-refractivity contribution is 5.90. The largest absolute Gasteiger partial charge is 0.370 e. The summed E-state index contributed by atoms with van der Waals surface area (Å²) in [6.45, 7) is 3.76. The predicted octanol–water partition coefficient (Wildman–Crippen LogP) is 4.68. The molecule has 29 heavy (non-hydrogen) atoms. The van der Waals surface area contributed by atoms with Gasteiger partial charge in [0.25, 0.3) is 0 Å². The summed E-state index contributed by atoms with van der Waals surface area (Å²) in [5.74, 6) is 1.13. The van der Waals surface area contributed by atoms with Gasteiger partial charge in [0.15, 0.2) is 0 Å². The first kappa shape index (κ1) is 20.4. The molecule has 0 radical (unpaired) electrons. The fourth-order valence-corrected chi connectivity index (χ4v) is 5.18. The number of piperidine rings is 1. The van der Waals surface area contributed by atoms with E-state index in [0.29, 0.717) is 18.2 Å². The highest BCUT2D eigenvalue weighted by Crippen LogP contribution is 2.42. The lowest BCUT2D eigenvalue weighted by Gasteiger charge is -2.35. The quantitative estimate of drug-likeness (QED) is 0.757. The van der Waals surface area contributed by atoms with Crippen LogP contribution in [0.5, 0.6) is 0 Å². The number of hydrogen-bond acceptors (Lipinski definition) is 3. The molecular formula is C24H34N2O3. The standard InChI is InChI=1S/C24H34N2O3/c1-2-3-11-23(27)25-20-10-6-9-18(14-20)22-15-19-16-26(13-12-21(19)29-22)24(28)17-7-4-5-8-17/h6,9-10,14,17,19,21-22H,2-5,7-8,11-13,15-16H2,1H3,(H,25,27)/t19-,21-,22-/m0/s1. The third kappa shape index (κ3) is 4.82. The molecule has 2 saturated heterocycles. The van der Waals surface area contributed by atoms with Crippen molar-refractivity contribution >= 4 is 17.5 Å². The summed E-state index contributed by atoms with van der Waals surface area (Å²) in [6.07, 6.45) is 9.23. The number of nitrogens with one attached hydrogen (secondary N) is 1. The average Bonchev–Trinajstić information content (AvgIpc) is 3.41. The van der Waals surface area contributed by atoms with Gasteiger partial charge in [0, 0.05) is 37.0 Å². The van der Waals surface area contributed by atoms with Crippen molar-refractivity contribution < 1.29 is 14.3 Å². The van der Waals surface area contributed by atoms with Gasteiger partial charge in [-0.15, -0.1) is 0 Å². The summed E-state index contributed by atoms with van der Waals surface area (Å²) in [4.78, 5) is 27.0. The molecule has 0 bridgehead atoms. The fourth-order valence-electron chi connectivity index (χ4n) is 5.18. The zero-order valence-electron chi connectivity index (χ0n) is 17.6. The molecule has 1 N–H and O–H groups in total. The van der Waals surface area contributed by atoms with Crippen molar-refractivity contribution in [2.75, 3.05) is 18.4 Å². The number of benzene rings is 1. The minimum absolute atomic E-state index is 0.0547. The molecule has 1 saturated carbocycles. The van der Waals surface area contributed by atoms with Crippen molar-refractivity contribution in [3.63, 3.8) is 0 Å². The van der Waals surface area contributed by atoms with Crippen LogP contribution >= 0.6 is 0 Å². The van der Waals surface area contributed by atoms with E-state index in [2.05, 4.69) is 23.2 Å². The van der Waals surface area contributed by atoms with E-state index in [1.54, 1.807) is 0 Å². The molecule has 0 spiro atoms. The van der Waals surface area contributed by atoms with Gasteiger partial charge in [0.2, 0.25) is 11.8 Å². The molecule has 2 aliphatic heterocycles. The monoisotopic (exact) mass is 398 g/mol. The highest BCUT2D eigenvalue weighted by atomic mass is 16.5. The van der Waals surface area contributed by atoms with Crippen LogP contribution < -0.4 is 5.32 Å². The molecule has 5 nitrogen and oxygen atoms in total.